The fourth-order valence-corrected chi connectivity index (χ4v) is 1.56. The van der Waals surface area contributed by atoms with Crippen LogP contribution in [0.25, 0.3) is 11.4 Å². The number of carbonyl (C=O) groups is 1. The Morgan fingerprint density at radius 1 is 1.56 bits per heavy atom. The second-order valence-electron chi connectivity index (χ2n) is 4.74. The molecule has 0 saturated carbocycles. The van der Waals surface area contributed by atoms with Crippen molar-refractivity contribution in [3.8, 4) is 11.4 Å². The molecule has 0 unspecified atom stereocenters. The van der Waals surface area contributed by atoms with Gasteiger partial charge in [0.05, 0.1) is 23.8 Å². The minimum atomic E-state index is -0.943. The first-order valence-corrected chi connectivity index (χ1v) is 5.46. The van der Waals surface area contributed by atoms with Crippen molar-refractivity contribution >= 4 is 5.97 Å². The molecule has 0 aliphatic rings. The summed E-state index contributed by atoms with van der Waals surface area (Å²) in [7, 11) is 0. The molecule has 0 aliphatic carbocycles. The number of nitrogens with zero attached hydrogens (tertiary/aromatic N) is 4. The summed E-state index contributed by atoms with van der Waals surface area (Å²) in [6.07, 6.45) is 1.55. The number of hydrogen-bond donors (Lipinski definition) is 1. The van der Waals surface area contributed by atoms with Gasteiger partial charge in [0.1, 0.15) is 5.76 Å². The number of tetrazole rings is 1. The summed E-state index contributed by atoms with van der Waals surface area (Å²) < 4.78 is 6.67. The third-order valence-electron chi connectivity index (χ3n) is 2.76. The van der Waals surface area contributed by atoms with Crippen molar-refractivity contribution in [1.82, 2.24) is 20.2 Å². The molecule has 1 N–H and O–H groups in total. The van der Waals surface area contributed by atoms with Crippen LogP contribution in [0, 0.1) is 12.3 Å². The summed E-state index contributed by atoms with van der Waals surface area (Å²) in [6, 6.07) is 1.76. The Kier molecular flexibility index (Phi) is 2.90. The van der Waals surface area contributed by atoms with Crippen LogP contribution < -0.4 is 0 Å². The van der Waals surface area contributed by atoms with Crippen LogP contribution in [0.4, 0.5) is 0 Å². The summed E-state index contributed by atoms with van der Waals surface area (Å²) in [6.45, 7) is 5.25. The van der Waals surface area contributed by atoms with E-state index < -0.39 is 11.4 Å². The summed E-state index contributed by atoms with van der Waals surface area (Å²) in [5.74, 6) is 0.308. The second kappa shape index (κ2) is 4.25. The molecule has 0 fully saturated rings. The van der Waals surface area contributed by atoms with Crippen LogP contribution in [0.3, 0.4) is 0 Å². The average molecular weight is 250 g/mol. The van der Waals surface area contributed by atoms with E-state index in [0.29, 0.717) is 11.6 Å². The normalized spacial score (nSPS) is 11.7. The molecule has 0 aliphatic heterocycles. The fourth-order valence-electron chi connectivity index (χ4n) is 1.56. The topological polar surface area (TPSA) is 94.0 Å². The van der Waals surface area contributed by atoms with E-state index >= 15 is 0 Å². The highest BCUT2D eigenvalue weighted by Gasteiger charge is 2.30. The standard InChI is InChI=1S/C11H14N4O3/c1-7-8(4-5-18-7)9-12-13-14-15(9)6-11(2,3)10(16)17/h4-5H,6H2,1-3H3,(H,16,17). The molecule has 2 heterocycles. The zero-order valence-electron chi connectivity index (χ0n) is 10.4. The highest BCUT2D eigenvalue weighted by molar-refractivity contribution is 5.73. The van der Waals surface area contributed by atoms with Gasteiger partial charge in [-0.05, 0) is 37.3 Å². The monoisotopic (exact) mass is 250 g/mol. The van der Waals surface area contributed by atoms with E-state index in [-0.39, 0.29) is 6.54 Å². The van der Waals surface area contributed by atoms with Crippen LogP contribution in [0.1, 0.15) is 19.6 Å². The maximum atomic E-state index is 11.1. The van der Waals surface area contributed by atoms with Gasteiger partial charge in [0.2, 0.25) is 0 Å². The Balaban J connectivity index is 2.35. The van der Waals surface area contributed by atoms with Gasteiger partial charge in [-0.25, -0.2) is 4.68 Å². The number of aromatic nitrogens is 4. The highest BCUT2D eigenvalue weighted by Crippen LogP contribution is 2.24. The summed E-state index contributed by atoms with van der Waals surface area (Å²) in [5, 5.41) is 20.5. The number of carboxylic acids is 1. The van der Waals surface area contributed by atoms with Gasteiger partial charge in [0.25, 0.3) is 0 Å². The van der Waals surface area contributed by atoms with E-state index in [9.17, 15) is 4.79 Å². The minimum Gasteiger partial charge on any atom is -0.481 e. The Bertz CT molecular complexity index is 570. The second-order valence-corrected chi connectivity index (χ2v) is 4.74. The van der Waals surface area contributed by atoms with Gasteiger partial charge in [-0.3, -0.25) is 4.79 Å². The van der Waals surface area contributed by atoms with Gasteiger partial charge in [-0.1, -0.05) is 0 Å². The van der Waals surface area contributed by atoms with Gasteiger partial charge >= 0.3 is 5.97 Å². The number of carboxylic acid groups (broad SMARTS) is 1. The molecule has 0 radical (unpaired) electrons. The predicted octanol–water partition coefficient (Wildman–Crippen LogP) is 1.35. The lowest BCUT2D eigenvalue weighted by Gasteiger charge is -2.18. The predicted molar refractivity (Wildman–Crippen MR) is 61.7 cm³/mol. The van der Waals surface area contributed by atoms with Crippen molar-refractivity contribution in [2.75, 3.05) is 0 Å². The number of rotatable bonds is 4. The number of aliphatic carboxylic acids is 1. The van der Waals surface area contributed by atoms with Crippen molar-refractivity contribution in [3.05, 3.63) is 18.1 Å². The molecule has 2 rings (SSSR count). The minimum absolute atomic E-state index is 0.190. The van der Waals surface area contributed by atoms with Gasteiger partial charge in [0.15, 0.2) is 5.82 Å². The molecule has 0 aromatic carbocycles. The van der Waals surface area contributed by atoms with Crippen LogP contribution in [0.5, 0.6) is 0 Å². The lowest BCUT2D eigenvalue weighted by molar-refractivity contribution is -0.147. The maximum Gasteiger partial charge on any atom is 0.310 e. The smallest absolute Gasteiger partial charge is 0.310 e. The lowest BCUT2D eigenvalue weighted by atomic mass is 9.94. The molecule has 0 amide bonds. The van der Waals surface area contributed by atoms with Gasteiger partial charge < -0.3 is 9.52 Å². The van der Waals surface area contributed by atoms with Gasteiger partial charge in [-0.2, -0.15) is 0 Å². The average Bonchev–Trinajstić information content (AvgIpc) is 2.86. The quantitative estimate of drug-likeness (QED) is 0.880. The van der Waals surface area contributed by atoms with Crippen molar-refractivity contribution in [3.63, 3.8) is 0 Å². The fraction of sp³-hybridized carbons (Fsp3) is 0.455. The largest absolute Gasteiger partial charge is 0.481 e. The molecule has 7 nitrogen and oxygen atoms in total. The van der Waals surface area contributed by atoms with Crippen LogP contribution in [0.15, 0.2) is 16.7 Å². The molecule has 0 bridgehead atoms. The van der Waals surface area contributed by atoms with Crippen molar-refractivity contribution in [1.29, 1.82) is 0 Å². The lowest BCUT2D eigenvalue weighted by Crippen LogP contribution is -2.30. The molecule has 7 heteroatoms. The Morgan fingerprint density at radius 2 is 2.28 bits per heavy atom. The third-order valence-corrected chi connectivity index (χ3v) is 2.76. The van der Waals surface area contributed by atoms with Gasteiger partial charge in [0, 0.05) is 0 Å². The van der Waals surface area contributed by atoms with E-state index in [1.165, 1.54) is 4.68 Å². The third kappa shape index (κ3) is 2.11. The van der Waals surface area contributed by atoms with Crippen LogP contribution in [-0.4, -0.2) is 31.3 Å². The number of furan rings is 1. The Hall–Kier alpha value is -2.18. The van der Waals surface area contributed by atoms with Crippen LogP contribution >= 0.6 is 0 Å². The van der Waals surface area contributed by atoms with E-state index in [0.717, 1.165) is 5.56 Å². The molecular formula is C11H14N4O3. The molecule has 2 aromatic heterocycles. The SMILES string of the molecule is Cc1occc1-c1nnnn1CC(C)(C)C(=O)O. The first kappa shape index (κ1) is 12.3. The summed E-state index contributed by atoms with van der Waals surface area (Å²) in [5.41, 5.74) is -0.178. The van der Waals surface area contributed by atoms with Crippen LogP contribution in [-0.2, 0) is 11.3 Å². The van der Waals surface area contributed by atoms with E-state index in [2.05, 4.69) is 15.5 Å². The van der Waals surface area contributed by atoms with E-state index in [4.69, 9.17) is 9.52 Å². The molecule has 0 atom stereocenters. The van der Waals surface area contributed by atoms with Gasteiger partial charge in [-0.15, -0.1) is 5.10 Å². The summed E-state index contributed by atoms with van der Waals surface area (Å²) in [4.78, 5) is 11.1. The number of aryl methyl sites for hydroxylation is 1. The van der Waals surface area contributed by atoms with Crippen molar-refractivity contribution < 1.29 is 14.3 Å². The van der Waals surface area contributed by atoms with E-state index in [1.54, 1.807) is 33.1 Å². The first-order valence-electron chi connectivity index (χ1n) is 5.46. The maximum absolute atomic E-state index is 11.1. The van der Waals surface area contributed by atoms with Crippen molar-refractivity contribution in [2.24, 2.45) is 5.41 Å². The molecule has 2 aromatic rings. The molecule has 18 heavy (non-hydrogen) atoms. The summed E-state index contributed by atoms with van der Waals surface area (Å²) >= 11 is 0. The van der Waals surface area contributed by atoms with E-state index in [1.807, 2.05) is 0 Å². The zero-order valence-corrected chi connectivity index (χ0v) is 10.4. The first-order chi connectivity index (χ1) is 8.42. The highest BCUT2D eigenvalue weighted by atomic mass is 16.4. The van der Waals surface area contributed by atoms with Crippen molar-refractivity contribution in [2.45, 2.75) is 27.3 Å². The van der Waals surface area contributed by atoms with Crippen LogP contribution in [0.2, 0.25) is 0 Å². The molecule has 0 spiro atoms. The number of hydrogen-bond acceptors (Lipinski definition) is 5. The Morgan fingerprint density at radius 3 is 2.83 bits per heavy atom. The molecule has 96 valence electrons. The molecular weight excluding hydrogens is 236 g/mol. The molecule has 0 saturated heterocycles. The zero-order chi connectivity index (χ0) is 13.3. The Labute approximate surface area is 103 Å².